The summed E-state index contributed by atoms with van der Waals surface area (Å²) >= 11 is 0. The van der Waals surface area contributed by atoms with Crippen LogP contribution < -0.4 is 14.8 Å². The lowest BCUT2D eigenvalue weighted by Crippen LogP contribution is -2.43. The molecule has 1 atom stereocenters. The fourth-order valence-electron chi connectivity index (χ4n) is 4.82. The van der Waals surface area contributed by atoms with Gasteiger partial charge in [-0.1, -0.05) is 33.6 Å². The van der Waals surface area contributed by atoms with Crippen molar-refractivity contribution in [3.63, 3.8) is 0 Å². The average molecular weight is 510 g/mol. The van der Waals surface area contributed by atoms with Crippen molar-refractivity contribution in [2.24, 2.45) is 5.92 Å². The van der Waals surface area contributed by atoms with Crippen molar-refractivity contribution in [2.45, 2.75) is 77.4 Å². The lowest BCUT2D eigenvalue weighted by atomic mass is 9.92. The first-order valence-corrected chi connectivity index (χ1v) is 16.5. The fourth-order valence-corrected chi connectivity index (χ4v) is 5.84. The number of likely N-dealkylation sites (tertiary alicyclic amines) is 1. The van der Waals surface area contributed by atoms with E-state index in [0.717, 1.165) is 34.6 Å². The molecule has 5 nitrogen and oxygen atoms in total. The molecule has 1 unspecified atom stereocenters. The van der Waals surface area contributed by atoms with Gasteiger partial charge in [0.2, 0.25) is 8.32 Å². The maximum atomic E-state index is 12.9. The first-order chi connectivity index (χ1) is 17.0. The van der Waals surface area contributed by atoms with Gasteiger partial charge in [-0.2, -0.15) is 0 Å². The Balaban J connectivity index is 1.44. The van der Waals surface area contributed by atoms with Crippen LogP contribution >= 0.6 is 0 Å². The van der Waals surface area contributed by atoms with E-state index in [9.17, 15) is 4.79 Å². The summed E-state index contributed by atoms with van der Waals surface area (Å²) in [7, 11) is 0.248. The van der Waals surface area contributed by atoms with Gasteiger partial charge < -0.3 is 18.5 Å². The summed E-state index contributed by atoms with van der Waals surface area (Å²) in [6.07, 6.45) is 7.49. The van der Waals surface area contributed by atoms with Crippen molar-refractivity contribution in [1.29, 1.82) is 0 Å². The number of hydrogen-bond acceptors (Lipinski definition) is 5. The van der Waals surface area contributed by atoms with E-state index in [0.29, 0.717) is 17.6 Å². The molecule has 0 radical (unpaired) electrons. The Labute approximate surface area is 216 Å². The Morgan fingerprint density at radius 2 is 1.72 bits per heavy atom. The topological polar surface area (TPSA) is 51.9 Å². The lowest BCUT2D eigenvalue weighted by molar-refractivity contribution is 0.234. The molecule has 1 aliphatic heterocycles. The van der Waals surface area contributed by atoms with Gasteiger partial charge in [-0.15, -0.1) is 0 Å². The predicted octanol–water partition coefficient (Wildman–Crippen LogP) is 7.61. The Bertz CT molecular complexity index is 1240. The smallest absolute Gasteiger partial charge is 0.344 e. The molecule has 3 aromatic rings. The van der Waals surface area contributed by atoms with E-state index in [1.807, 2.05) is 36.4 Å². The van der Waals surface area contributed by atoms with Gasteiger partial charge in [0.1, 0.15) is 17.1 Å². The van der Waals surface area contributed by atoms with Crippen LogP contribution in [-0.4, -0.2) is 40.0 Å². The van der Waals surface area contributed by atoms with E-state index in [-0.39, 0.29) is 10.7 Å². The van der Waals surface area contributed by atoms with E-state index in [4.69, 9.17) is 13.6 Å². The number of hydrogen-bond donors (Lipinski definition) is 0. The lowest BCUT2D eigenvalue weighted by Gasteiger charge is -2.36. The van der Waals surface area contributed by atoms with Crippen molar-refractivity contribution in [2.75, 3.05) is 26.7 Å². The molecular formula is C30H43NO4Si. The third-order valence-electron chi connectivity index (χ3n) is 8.18. The highest BCUT2D eigenvalue weighted by atomic mass is 28.4. The van der Waals surface area contributed by atoms with Crippen LogP contribution in [0.1, 0.15) is 59.3 Å². The summed E-state index contributed by atoms with van der Waals surface area (Å²) in [5.41, 5.74) is 0.216. The van der Waals surface area contributed by atoms with Gasteiger partial charge in [-0.25, -0.2) is 4.79 Å². The van der Waals surface area contributed by atoms with E-state index in [1.54, 1.807) is 0 Å². The summed E-state index contributed by atoms with van der Waals surface area (Å²) in [4.78, 5) is 15.3. The number of fused-ring (bicyclic) bond motifs is 3. The minimum absolute atomic E-state index is 0.0916. The van der Waals surface area contributed by atoms with Crippen LogP contribution in [0.4, 0.5) is 0 Å². The van der Waals surface area contributed by atoms with Crippen LogP contribution in [0.2, 0.25) is 18.1 Å². The molecule has 196 valence electrons. The largest absolute Gasteiger partial charge is 0.543 e. The van der Waals surface area contributed by atoms with Crippen molar-refractivity contribution in [1.82, 2.24) is 4.90 Å². The zero-order valence-electron chi connectivity index (χ0n) is 23.0. The number of ether oxygens (including phenoxy) is 1. The Kier molecular flexibility index (Phi) is 8.15. The molecule has 0 aliphatic carbocycles. The second-order valence-electron chi connectivity index (χ2n) is 12.1. The maximum Gasteiger partial charge on any atom is 0.344 e. The van der Waals surface area contributed by atoms with E-state index >= 15 is 0 Å². The van der Waals surface area contributed by atoms with Gasteiger partial charge in [0.15, 0.2) is 0 Å². The third-order valence-corrected chi connectivity index (χ3v) is 12.5. The van der Waals surface area contributed by atoms with Gasteiger partial charge >= 0.3 is 5.63 Å². The Morgan fingerprint density at radius 1 is 0.972 bits per heavy atom. The molecule has 0 N–H and O–H groups in total. The standard InChI is InChI=1S/C30H43NO4Si/c1-30(2,3)36(5,6)35-24-13-15-26-25-14-12-23(20-27(25)29(32)34-28(26)21-24)33-19-9-11-22-10-7-8-17-31(4)18-16-22/h12-15,20-22H,7-11,16-19H2,1-6H3. The molecule has 0 bridgehead atoms. The summed E-state index contributed by atoms with van der Waals surface area (Å²) in [5.74, 6) is 2.27. The van der Waals surface area contributed by atoms with Crippen molar-refractivity contribution in [3.05, 3.63) is 46.8 Å². The molecule has 6 heteroatoms. The normalized spacial score (nSPS) is 18.2. The molecule has 4 rings (SSSR count). The molecule has 0 spiro atoms. The first-order valence-electron chi connectivity index (χ1n) is 13.5. The molecule has 2 aromatic carbocycles. The SMILES string of the molecule is CN1CCCCC(CCCOc2ccc3c(c2)c(=O)oc2cc(O[Si](C)(C)C(C)(C)C)ccc23)CC1. The van der Waals surface area contributed by atoms with Gasteiger partial charge in [0, 0.05) is 16.8 Å². The highest BCUT2D eigenvalue weighted by Gasteiger charge is 2.39. The van der Waals surface area contributed by atoms with Crippen molar-refractivity contribution in [3.8, 4) is 11.5 Å². The monoisotopic (exact) mass is 509 g/mol. The van der Waals surface area contributed by atoms with E-state index < -0.39 is 8.32 Å². The van der Waals surface area contributed by atoms with Crippen LogP contribution in [0.3, 0.4) is 0 Å². The second kappa shape index (κ2) is 11.0. The summed E-state index contributed by atoms with van der Waals surface area (Å²) < 4.78 is 18.2. The minimum Gasteiger partial charge on any atom is -0.543 e. The number of nitrogens with zero attached hydrogens (tertiary/aromatic N) is 1. The van der Waals surface area contributed by atoms with Gasteiger partial charge in [0.05, 0.1) is 12.0 Å². The maximum absolute atomic E-state index is 12.9. The quantitative estimate of drug-likeness (QED) is 0.142. The first kappa shape index (κ1) is 26.7. The van der Waals surface area contributed by atoms with Crippen LogP contribution in [0.5, 0.6) is 11.5 Å². The molecule has 1 aliphatic rings. The molecule has 1 aromatic heterocycles. The number of benzene rings is 2. The van der Waals surface area contributed by atoms with Crippen LogP contribution in [0.15, 0.2) is 45.6 Å². The zero-order chi connectivity index (χ0) is 25.9. The molecule has 1 fully saturated rings. The molecule has 1 saturated heterocycles. The number of rotatable bonds is 7. The predicted molar refractivity (Wildman–Crippen MR) is 152 cm³/mol. The average Bonchev–Trinajstić information content (AvgIpc) is 2.80. The van der Waals surface area contributed by atoms with Gasteiger partial charge in [-0.05, 0) is 100 Å². The third kappa shape index (κ3) is 6.32. The zero-order valence-corrected chi connectivity index (χ0v) is 24.0. The summed E-state index contributed by atoms with van der Waals surface area (Å²) in [6.45, 7) is 14.2. The van der Waals surface area contributed by atoms with Gasteiger partial charge in [0.25, 0.3) is 0 Å². The van der Waals surface area contributed by atoms with Crippen molar-refractivity contribution >= 4 is 30.1 Å². The van der Waals surface area contributed by atoms with Crippen LogP contribution in [0.25, 0.3) is 21.7 Å². The molecule has 0 saturated carbocycles. The van der Waals surface area contributed by atoms with Crippen LogP contribution in [0, 0.1) is 5.92 Å². The van der Waals surface area contributed by atoms with E-state index in [2.05, 4.69) is 45.8 Å². The Hall–Kier alpha value is -2.31. The molecule has 2 heterocycles. The molecule has 0 amide bonds. The minimum atomic E-state index is -1.98. The highest BCUT2D eigenvalue weighted by Crippen LogP contribution is 2.38. The summed E-state index contributed by atoms with van der Waals surface area (Å²) in [6, 6.07) is 11.6. The summed E-state index contributed by atoms with van der Waals surface area (Å²) in [5, 5.41) is 2.44. The highest BCUT2D eigenvalue weighted by molar-refractivity contribution is 6.74. The van der Waals surface area contributed by atoms with Crippen LogP contribution in [-0.2, 0) is 0 Å². The Morgan fingerprint density at radius 3 is 2.50 bits per heavy atom. The van der Waals surface area contributed by atoms with E-state index in [1.165, 1.54) is 45.2 Å². The molecule has 36 heavy (non-hydrogen) atoms. The van der Waals surface area contributed by atoms with Gasteiger partial charge in [-0.3, -0.25) is 0 Å². The second-order valence-corrected chi connectivity index (χ2v) is 16.8. The molecular weight excluding hydrogens is 466 g/mol. The van der Waals surface area contributed by atoms with Crippen molar-refractivity contribution < 1.29 is 13.6 Å². The fraction of sp³-hybridized carbons (Fsp3) is 0.567.